The van der Waals surface area contributed by atoms with E-state index in [9.17, 15) is 19.7 Å². The molecule has 0 radical (unpaired) electrons. The summed E-state index contributed by atoms with van der Waals surface area (Å²) in [5, 5.41) is 11.2. The van der Waals surface area contributed by atoms with Crippen molar-refractivity contribution in [3.05, 3.63) is 113 Å². The summed E-state index contributed by atoms with van der Waals surface area (Å²) in [7, 11) is 0. The molecule has 2 aromatic carbocycles. The molecule has 0 saturated carbocycles. The minimum absolute atomic E-state index is 0.0441. The van der Waals surface area contributed by atoms with Crippen molar-refractivity contribution < 1.29 is 18.9 Å². The van der Waals surface area contributed by atoms with Gasteiger partial charge in [0.15, 0.2) is 4.80 Å². The number of carbonyl (C=O) groups excluding carboxylic acids is 1. The number of nitrogens with zero attached hydrogens (tertiary/aromatic N) is 3. The predicted molar refractivity (Wildman–Crippen MR) is 159 cm³/mol. The smallest absolute Gasteiger partial charge is 0.338 e. The van der Waals surface area contributed by atoms with Gasteiger partial charge in [0.2, 0.25) is 0 Å². The number of thioether (sulfide) groups is 1. The summed E-state index contributed by atoms with van der Waals surface area (Å²) in [4.78, 5) is 44.0. The van der Waals surface area contributed by atoms with Crippen molar-refractivity contribution in [3.8, 4) is 11.3 Å². The standard InChI is InChI=1S/C30H27N3O6S2/c1-17(2)16-38-29(35)26-18(3)31-30-32(27(26)19-8-11-23(40-4)12-9-19)28(34)25(41-30)15-22-10-13-24(39-22)20-6-5-7-21(14-20)33(36)37/h5-15,17,27H,16H2,1-4H3. The summed E-state index contributed by atoms with van der Waals surface area (Å²) in [5.74, 6) is 0.497. The van der Waals surface area contributed by atoms with E-state index >= 15 is 0 Å². The molecule has 0 fully saturated rings. The topological polar surface area (TPSA) is 117 Å². The molecule has 1 aliphatic heterocycles. The van der Waals surface area contributed by atoms with E-state index < -0.39 is 16.9 Å². The number of hydrogen-bond donors (Lipinski definition) is 0. The maximum absolute atomic E-state index is 13.8. The van der Waals surface area contributed by atoms with E-state index in [1.165, 1.54) is 28.0 Å². The van der Waals surface area contributed by atoms with Gasteiger partial charge in [-0.25, -0.2) is 9.79 Å². The van der Waals surface area contributed by atoms with Crippen molar-refractivity contribution >= 4 is 40.8 Å². The molecule has 41 heavy (non-hydrogen) atoms. The largest absolute Gasteiger partial charge is 0.462 e. The zero-order chi connectivity index (χ0) is 29.3. The third-order valence-corrected chi connectivity index (χ3v) is 8.19. The van der Waals surface area contributed by atoms with Gasteiger partial charge in [0.05, 0.1) is 33.4 Å². The SMILES string of the molecule is CSc1ccc(C2C(C(=O)OCC(C)C)=C(C)N=c3sc(=Cc4ccc(-c5cccc([N+](=O)[O-])c5)o4)c(=O)n32)cc1. The van der Waals surface area contributed by atoms with Crippen molar-refractivity contribution in [2.45, 2.75) is 31.7 Å². The average Bonchev–Trinajstić information content (AvgIpc) is 3.55. The molecule has 1 atom stereocenters. The molecule has 0 saturated heterocycles. The van der Waals surface area contributed by atoms with Gasteiger partial charge in [0.1, 0.15) is 11.5 Å². The monoisotopic (exact) mass is 589 g/mol. The van der Waals surface area contributed by atoms with E-state index in [0.29, 0.717) is 37.7 Å². The van der Waals surface area contributed by atoms with Crippen LogP contribution in [0.4, 0.5) is 5.69 Å². The van der Waals surface area contributed by atoms with E-state index in [2.05, 4.69) is 4.99 Å². The number of furan rings is 1. The van der Waals surface area contributed by atoms with Gasteiger partial charge < -0.3 is 9.15 Å². The number of benzene rings is 2. The van der Waals surface area contributed by atoms with Crippen LogP contribution in [-0.4, -0.2) is 28.3 Å². The minimum atomic E-state index is -0.707. The van der Waals surface area contributed by atoms with Crippen LogP contribution in [0.1, 0.15) is 38.1 Å². The molecule has 0 aliphatic carbocycles. The van der Waals surface area contributed by atoms with E-state index in [0.717, 1.165) is 10.5 Å². The molecule has 3 heterocycles. The number of allylic oxidation sites excluding steroid dienone is 1. The lowest BCUT2D eigenvalue weighted by Crippen LogP contribution is -2.40. The predicted octanol–water partition coefficient (Wildman–Crippen LogP) is 5.32. The minimum Gasteiger partial charge on any atom is -0.462 e. The number of nitro benzene ring substituents is 1. The normalized spacial score (nSPS) is 15.1. The lowest BCUT2D eigenvalue weighted by Gasteiger charge is -2.25. The van der Waals surface area contributed by atoms with Gasteiger partial charge in [-0.05, 0) is 48.9 Å². The van der Waals surface area contributed by atoms with Crippen LogP contribution >= 0.6 is 23.1 Å². The number of hydrogen-bond acceptors (Lipinski definition) is 9. The Morgan fingerprint density at radius 1 is 1.22 bits per heavy atom. The number of esters is 1. The first kappa shape index (κ1) is 28.3. The average molecular weight is 590 g/mol. The zero-order valence-corrected chi connectivity index (χ0v) is 24.5. The van der Waals surface area contributed by atoms with E-state index in [-0.39, 0.29) is 23.8 Å². The first-order chi connectivity index (χ1) is 19.7. The number of fused-ring (bicyclic) bond motifs is 1. The molecule has 0 amide bonds. The summed E-state index contributed by atoms with van der Waals surface area (Å²) < 4.78 is 13.4. The fourth-order valence-corrected chi connectivity index (χ4v) is 5.93. The highest BCUT2D eigenvalue weighted by molar-refractivity contribution is 7.98. The van der Waals surface area contributed by atoms with Crippen LogP contribution in [0.5, 0.6) is 0 Å². The molecule has 9 nitrogen and oxygen atoms in total. The second kappa shape index (κ2) is 11.7. The Morgan fingerprint density at radius 2 is 1.98 bits per heavy atom. The summed E-state index contributed by atoms with van der Waals surface area (Å²) >= 11 is 2.80. The number of nitro groups is 1. The summed E-state index contributed by atoms with van der Waals surface area (Å²) in [6.07, 6.45) is 3.60. The van der Waals surface area contributed by atoms with Gasteiger partial charge in [-0.1, -0.05) is 49.4 Å². The van der Waals surface area contributed by atoms with Crippen molar-refractivity contribution in [3.63, 3.8) is 0 Å². The van der Waals surface area contributed by atoms with Crippen LogP contribution in [0, 0.1) is 16.0 Å². The second-order valence-electron chi connectivity index (χ2n) is 9.86. The molecule has 210 valence electrons. The molecule has 0 N–H and O–H groups in total. The Hall–Kier alpha value is -4.22. The lowest BCUT2D eigenvalue weighted by molar-refractivity contribution is -0.384. The first-order valence-electron chi connectivity index (χ1n) is 12.8. The number of aromatic nitrogens is 1. The van der Waals surface area contributed by atoms with Gasteiger partial charge in [0.25, 0.3) is 11.2 Å². The van der Waals surface area contributed by atoms with Gasteiger partial charge >= 0.3 is 5.97 Å². The van der Waals surface area contributed by atoms with Crippen LogP contribution in [0.15, 0.2) is 91.0 Å². The van der Waals surface area contributed by atoms with Crippen LogP contribution in [0.3, 0.4) is 0 Å². The second-order valence-corrected chi connectivity index (χ2v) is 11.7. The Bertz CT molecular complexity index is 1850. The highest BCUT2D eigenvalue weighted by Gasteiger charge is 2.33. The highest BCUT2D eigenvalue weighted by atomic mass is 32.2. The Morgan fingerprint density at radius 3 is 2.66 bits per heavy atom. The first-order valence-corrected chi connectivity index (χ1v) is 14.9. The fraction of sp³-hybridized carbons (Fsp3) is 0.233. The summed E-state index contributed by atoms with van der Waals surface area (Å²) in [6, 6.07) is 16.6. The number of non-ortho nitro benzene ring substituents is 1. The number of thiazole rings is 1. The molecule has 1 unspecified atom stereocenters. The third kappa shape index (κ3) is 5.82. The number of carbonyl (C=O) groups is 1. The molecule has 0 spiro atoms. The van der Waals surface area contributed by atoms with E-state index in [1.807, 2.05) is 44.4 Å². The van der Waals surface area contributed by atoms with Crippen LogP contribution in [0.25, 0.3) is 17.4 Å². The molecular formula is C30H27N3O6S2. The Kier molecular flexibility index (Phi) is 8.09. The maximum Gasteiger partial charge on any atom is 0.338 e. The van der Waals surface area contributed by atoms with Crippen molar-refractivity contribution in [1.29, 1.82) is 0 Å². The Labute approximate surface area is 243 Å². The van der Waals surface area contributed by atoms with Gasteiger partial charge in [0, 0.05) is 28.7 Å². The van der Waals surface area contributed by atoms with Crippen LogP contribution in [-0.2, 0) is 9.53 Å². The van der Waals surface area contributed by atoms with Crippen molar-refractivity contribution in [2.75, 3.05) is 12.9 Å². The highest BCUT2D eigenvalue weighted by Crippen LogP contribution is 2.32. The van der Waals surface area contributed by atoms with Gasteiger partial charge in [-0.15, -0.1) is 11.8 Å². The number of ether oxygens (including phenoxy) is 1. The van der Waals surface area contributed by atoms with E-state index in [1.54, 1.807) is 49.0 Å². The molecule has 1 aliphatic rings. The van der Waals surface area contributed by atoms with Crippen molar-refractivity contribution in [1.82, 2.24) is 4.57 Å². The summed E-state index contributed by atoms with van der Waals surface area (Å²) in [6.45, 7) is 5.93. The van der Waals surface area contributed by atoms with Crippen LogP contribution < -0.4 is 14.9 Å². The third-order valence-electron chi connectivity index (χ3n) is 6.46. The maximum atomic E-state index is 13.8. The fourth-order valence-electron chi connectivity index (χ4n) is 4.49. The molecule has 11 heteroatoms. The van der Waals surface area contributed by atoms with Crippen molar-refractivity contribution in [2.24, 2.45) is 10.9 Å². The molecule has 5 rings (SSSR count). The molecule has 0 bridgehead atoms. The molecule has 2 aromatic heterocycles. The lowest BCUT2D eigenvalue weighted by atomic mass is 9.96. The Balaban J connectivity index is 1.59. The summed E-state index contributed by atoms with van der Waals surface area (Å²) in [5.41, 5.74) is 1.78. The van der Waals surface area contributed by atoms with E-state index in [4.69, 9.17) is 9.15 Å². The zero-order valence-electron chi connectivity index (χ0n) is 22.8. The van der Waals surface area contributed by atoms with Crippen LogP contribution in [0.2, 0.25) is 0 Å². The molecular weight excluding hydrogens is 562 g/mol. The van der Waals surface area contributed by atoms with Gasteiger partial charge in [-0.2, -0.15) is 0 Å². The molecule has 4 aromatic rings. The van der Waals surface area contributed by atoms with Gasteiger partial charge in [-0.3, -0.25) is 19.5 Å². The quantitative estimate of drug-likeness (QED) is 0.118. The number of rotatable bonds is 8.